The number of esters is 1. The van der Waals surface area contributed by atoms with Crippen LogP contribution >= 0.6 is 7.82 Å². The number of ether oxygens (including phenoxy) is 2. The molecule has 0 aliphatic carbocycles. The molecule has 1 aliphatic heterocycles. The second-order valence-electron chi connectivity index (χ2n) is 9.01. The summed E-state index contributed by atoms with van der Waals surface area (Å²) in [5.74, 6) is -0.364. The molecule has 0 radical (unpaired) electrons. The summed E-state index contributed by atoms with van der Waals surface area (Å²) in [5.41, 5.74) is 0. The molecule has 0 spiro atoms. The second kappa shape index (κ2) is 17.0. The minimum absolute atomic E-state index is 0.0315. The molecule has 0 unspecified atom stereocenters. The van der Waals surface area contributed by atoms with Gasteiger partial charge in [0.2, 0.25) is 0 Å². The van der Waals surface area contributed by atoms with Crippen molar-refractivity contribution in [3.63, 3.8) is 0 Å². The Bertz CT molecular complexity index is 635. The molecule has 7 atom stereocenters. The van der Waals surface area contributed by atoms with Gasteiger partial charge < -0.3 is 39.7 Å². The van der Waals surface area contributed by atoms with Crippen molar-refractivity contribution in [1.82, 2.24) is 5.32 Å². The van der Waals surface area contributed by atoms with E-state index in [2.05, 4.69) is 16.8 Å². The van der Waals surface area contributed by atoms with E-state index in [0.717, 1.165) is 44.9 Å². The number of phosphoric acid groups is 1. The van der Waals surface area contributed by atoms with Gasteiger partial charge in [-0.15, -0.1) is 0 Å². The van der Waals surface area contributed by atoms with Gasteiger partial charge in [-0.2, -0.15) is 0 Å². The largest absolute Gasteiger partial charge is 0.470 e. The standard InChI is InChI=1S/C22H44NO11P/c1-3-5-7-8-9-10-11-15(32-18(26)12-6-4-2)13-17(25)23-19-20(27)21(34-35(29,30)31)16(14-24)33-22(19)28/h15-17,19-25,27-28H,3-14H2,1-2H3,(H2,29,30,31)/t15-,16-,17+,19-,20-,21-,22-/m1/s1. The molecular weight excluding hydrogens is 485 g/mol. The maximum absolute atomic E-state index is 12.2. The molecule has 13 heteroatoms. The number of carbonyl (C=O) groups excluding carboxylic acids is 1. The Kier molecular flexibility index (Phi) is 15.7. The van der Waals surface area contributed by atoms with E-state index in [4.69, 9.17) is 19.3 Å². The Labute approximate surface area is 207 Å². The van der Waals surface area contributed by atoms with Gasteiger partial charge in [0, 0.05) is 12.8 Å². The monoisotopic (exact) mass is 529 g/mol. The van der Waals surface area contributed by atoms with Crippen molar-refractivity contribution < 1.29 is 53.6 Å². The fourth-order valence-electron chi connectivity index (χ4n) is 4.03. The number of aliphatic hydroxyl groups excluding tert-OH is 4. The zero-order valence-electron chi connectivity index (χ0n) is 20.7. The predicted molar refractivity (Wildman–Crippen MR) is 126 cm³/mol. The Morgan fingerprint density at radius 3 is 2.29 bits per heavy atom. The van der Waals surface area contributed by atoms with Crippen LogP contribution < -0.4 is 5.32 Å². The smallest absolute Gasteiger partial charge is 0.462 e. The molecule has 1 aliphatic rings. The number of aliphatic hydroxyl groups is 4. The molecule has 0 aromatic carbocycles. The highest BCUT2D eigenvalue weighted by atomic mass is 31.2. The highest BCUT2D eigenvalue weighted by Gasteiger charge is 2.48. The third kappa shape index (κ3) is 12.9. The zero-order valence-corrected chi connectivity index (χ0v) is 21.6. The minimum Gasteiger partial charge on any atom is -0.462 e. The average Bonchev–Trinajstić information content (AvgIpc) is 2.78. The lowest BCUT2D eigenvalue weighted by Gasteiger charge is -2.43. The lowest BCUT2D eigenvalue weighted by atomic mass is 9.96. The number of unbranched alkanes of at least 4 members (excludes halogenated alkanes) is 6. The summed E-state index contributed by atoms with van der Waals surface area (Å²) in [6.07, 6.45) is 0.0990. The molecule has 1 fully saturated rings. The summed E-state index contributed by atoms with van der Waals surface area (Å²) in [4.78, 5) is 30.4. The van der Waals surface area contributed by atoms with Crippen LogP contribution in [0.5, 0.6) is 0 Å². The van der Waals surface area contributed by atoms with E-state index in [1.54, 1.807) is 0 Å². The molecule has 0 saturated carbocycles. The fraction of sp³-hybridized carbons (Fsp3) is 0.955. The molecule has 0 amide bonds. The molecule has 0 aromatic heterocycles. The van der Waals surface area contributed by atoms with Crippen molar-refractivity contribution in [2.24, 2.45) is 0 Å². The predicted octanol–water partition coefficient (Wildman–Crippen LogP) is 1.05. The van der Waals surface area contributed by atoms with Gasteiger partial charge in [-0.3, -0.25) is 14.6 Å². The summed E-state index contributed by atoms with van der Waals surface area (Å²) < 4.78 is 26.5. The van der Waals surface area contributed by atoms with Crippen LogP contribution in [-0.2, 0) is 23.4 Å². The fourth-order valence-corrected chi connectivity index (χ4v) is 4.61. The SMILES string of the molecule is CCCCCCCC[C@H](C[C@H](O)N[C@@H]1[C@@H](O)[C@H](OP(=O)(O)O)[C@@H](CO)O[C@H]1O)OC(=O)CCCC. The van der Waals surface area contributed by atoms with E-state index in [9.17, 15) is 29.8 Å². The number of hydrogen-bond acceptors (Lipinski definition) is 10. The highest BCUT2D eigenvalue weighted by molar-refractivity contribution is 7.46. The molecule has 35 heavy (non-hydrogen) atoms. The molecular formula is C22H44NO11P. The van der Waals surface area contributed by atoms with Gasteiger partial charge in [0.25, 0.3) is 0 Å². The number of nitrogens with one attached hydrogen (secondary N) is 1. The highest BCUT2D eigenvalue weighted by Crippen LogP contribution is 2.41. The van der Waals surface area contributed by atoms with Gasteiger partial charge in [0.1, 0.15) is 30.6 Å². The number of carbonyl (C=O) groups is 1. The van der Waals surface area contributed by atoms with Crippen LogP contribution in [0.25, 0.3) is 0 Å². The van der Waals surface area contributed by atoms with E-state index in [0.29, 0.717) is 12.8 Å². The summed E-state index contributed by atoms with van der Waals surface area (Å²) in [6, 6.07) is -1.39. The molecule has 7 N–H and O–H groups in total. The molecule has 1 heterocycles. The number of rotatable bonds is 18. The van der Waals surface area contributed by atoms with Crippen molar-refractivity contribution in [2.75, 3.05) is 6.61 Å². The first-order valence-electron chi connectivity index (χ1n) is 12.5. The van der Waals surface area contributed by atoms with Crippen molar-refractivity contribution >= 4 is 13.8 Å². The van der Waals surface area contributed by atoms with Crippen molar-refractivity contribution in [2.45, 2.75) is 127 Å². The Balaban J connectivity index is 2.76. The van der Waals surface area contributed by atoms with Crippen molar-refractivity contribution in [1.29, 1.82) is 0 Å². The third-order valence-electron chi connectivity index (χ3n) is 5.91. The summed E-state index contributed by atoms with van der Waals surface area (Å²) in [7, 11) is -5.05. The number of hydrogen-bond donors (Lipinski definition) is 7. The van der Waals surface area contributed by atoms with Gasteiger partial charge in [-0.1, -0.05) is 52.4 Å². The summed E-state index contributed by atoms with van der Waals surface area (Å²) >= 11 is 0. The van der Waals surface area contributed by atoms with Crippen LogP contribution in [0.3, 0.4) is 0 Å². The third-order valence-corrected chi connectivity index (χ3v) is 6.43. The van der Waals surface area contributed by atoms with Crippen LogP contribution in [0.1, 0.15) is 84.5 Å². The van der Waals surface area contributed by atoms with Crippen LogP contribution in [0.15, 0.2) is 0 Å². The van der Waals surface area contributed by atoms with Gasteiger partial charge in [-0.05, 0) is 19.3 Å². The normalized spacial score (nSPS) is 26.9. The Hall–Kier alpha value is -0.660. The zero-order chi connectivity index (χ0) is 26.4. The van der Waals surface area contributed by atoms with Crippen LogP contribution in [0, 0.1) is 0 Å². The number of phosphoric ester groups is 1. The topological polar surface area (TPSA) is 195 Å². The molecule has 12 nitrogen and oxygen atoms in total. The quantitative estimate of drug-likeness (QED) is 0.0578. The van der Waals surface area contributed by atoms with Crippen LogP contribution in [0.2, 0.25) is 0 Å². The maximum Gasteiger partial charge on any atom is 0.470 e. The molecule has 0 aromatic rings. The first-order chi connectivity index (χ1) is 16.5. The van der Waals surface area contributed by atoms with E-state index in [-0.39, 0.29) is 18.8 Å². The van der Waals surface area contributed by atoms with E-state index in [1.165, 1.54) is 0 Å². The first kappa shape index (κ1) is 32.4. The van der Waals surface area contributed by atoms with Gasteiger partial charge in [0.15, 0.2) is 6.29 Å². The molecule has 1 saturated heterocycles. The van der Waals surface area contributed by atoms with Gasteiger partial charge >= 0.3 is 13.8 Å². The summed E-state index contributed by atoms with van der Waals surface area (Å²) in [6.45, 7) is 3.32. The lowest BCUT2D eigenvalue weighted by Crippen LogP contribution is -2.65. The van der Waals surface area contributed by atoms with E-state index in [1.807, 2.05) is 6.92 Å². The molecule has 208 valence electrons. The van der Waals surface area contributed by atoms with E-state index >= 15 is 0 Å². The minimum atomic E-state index is -5.05. The lowest BCUT2D eigenvalue weighted by molar-refractivity contribution is -0.255. The van der Waals surface area contributed by atoms with Crippen molar-refractivity contribution in [3.05, 3.63) is 0 Å². The van der Waals surface area contributed by atoms with E-state index < -0.39 is 57.4 Å². The Morgan fingerprint density at radius 1 is 1.06 bits per heavy atom. The van der Waals surface area contributed by atoms with Crippen molar-refractivity contribution in [3.8, 4) is 0 Å². The maximum atomic E-state index is 12.2. The van der Waals surface area contributed by atoms with Gasteiger partial charge in [-0.25, -0.2) is 4.57 Å². The molecule has 1 rings (SSSR count). The summed E-state index contributed by atoms with van der Waals surface area (Å²) in [5, 5.41) is 43.3. The molecule has 0 bridgehead atoms. The average molecular weight is 530 g/mol. The Morgan fingerprint density at radius 2 is 1.69 bits per heavy atom. The van der Waals surface area contributed by atoms with Gasteiger partial charge in [0.05, 0.1) is 12.6 Å². The van der Waals surface area contributed by atoms with Crippen LogP contribution in [0.4, 0.5) is 0 Å². The second-order valence-corrected chi connectivity index (χ2v) is 10.2. The first-order valence-corrected chi connectivity index (χ1v) is 14.0. The van der Waals surface area contributed by atoms with Crippen LogP contribution in [-0.4, -0.2) is 85.8 Å².